The highest BCUT2D eigenvalue weighted by molar-refractivity contribution is 6.42. The highest BCUT2D eigenvalue weighted by atomic mass is 35.5. The van der Waals surface area contributed by atoms with Crippen molar-refractivity contribution in [2.75, 3.05) is 11.9 Å². The Kier molecular flexibility index (Phi) is 6.67. The van der Waals surface area contributed by atoms with Gasteiger partial charge in [-0.1, -0.05) is 29.6 Å². The third kappa shape index (κ3) is 4.06. The Balaban J connectivity index is 0.00000272. The lowest BCUT2D eigenvalue weighted by Crippen LogP contribution is -2.63. The second kappa shape index (κ2) is 8.65. The zero-order valence-electron chi connectivity index (χ0n) is 16.0. The number of halogens is 6. The molecule has 2 aliphatic heterocycles. The fourth-order valence-corrected chi connectivity index (χ4v) is 4.28. The summed E-state index contributed by atoms with van der Waals surface area (Å²) in [6.45, 7) is 0.814. The summed E-state index contributed by atoms with van der Waals surface area (Å²) in [7, 11) is 0. The van der Waals surface area contributed by atoms with Crippen LogP contribution in [0.15, 0.2) is 12.1 Å². The number of anilines is 1. The molecule has 1 saturated heterocycles. The molecule has 0 aliphatic carbocycles. The lowest BCUT2D eigenvalue weighted by Gasteiger charge is -2.32. The zero-order chi connectivity index (χ0) is 21.7. The van der Waals surface area contributed by atoms with Crippen molar-refractivity contribution in [1.29, 1.82) is 0 Å². The number of nitrogens with one attached hydrogen (secondary N) is 3. The van der Waals surface area contributed by atoms with Crippen LogP contribution in [0.25, 0.3) is 11.0 Å². The lowest BCUT2D eigenvalue weighted by molar-refractivity contribution is -0.217. The van der Waals surface area contributed by atoms with Gasteiger partial charge in [0.25, 0.3) is 11.6 Å². The molecule has 3 N–H and O–H groups in total. The van der Waals surface area contributed by atoms with Gasteiger partial charge in [-0.25, -0.2) is 4.98 Å². The molecule has 4 rings (SSSR count). The van der Waals surface area contributed by atoms with E-state index < -0.39 is 23.7 Å². The summed E-state index contributed by atoms with van der Waals surface area (Å²) < 4.78 is 43.5. The molecular formula is C18H19Cl3F3N5O2. The van der Waals surface area contributed by atoms with E-state index in [-0.39, 0.29) is 51.9 Å². The van der Waals surface area contributed by atoms with Crippen LogP contribution in [0, 0.1) is 0 Å². The number of alkyl halides is 3. The smallest absolute Gasteiger partial charge is 0.317 e. The number of nitrogens with zero attached hydrogens (tertiary/aromatic N) is 2. The minimum atomic E-state index is -5.14. The molecule has 3 heterocycles. The largest absolute Gasteiger partial charge is 0.440 e. The van der Waals surface area contributed by atoms with Gasteiger partial charge in [0.2, 0.25) is 11.9 Å². The Labute approximate surface area is 191 Å². The summed E-state index contributed by atoms with van der Waals surface area (Å²) in [5, 5.41) is 7.39. The number of benzene rings is 1. The maximum absolute atomic E-state index is 14.3. The first kappa shape index (κ1) is 23.9. The van der Waals surface area contributed by atoms with Crippen molar-refractivity contribution in [2.24, 2.45) is 0 Å². The number of rotatable bonds is 4. The van der Waals surface area contributed by atoms with Gasteiger partial charge >= 0.3 is 6.18 Å². The van der Waals surface area contributed by atoms with Crippen LogP contribution in [0.4, 0.5) is 19.1 Å². The number of hydrogen-bond acceptors (Lipinski definition) is 4. The van der Waals surface area contributed by atoms with Crippen LogP contribution < -0.4 is 16.0 Å². The number of amides is 2. The van der Waals surface area contributed by atoms with Gasteiger partial charge in [0.1, 0.15) is 0 Å². The van der Waals surface area contributed by atoms with Crippen molar-refractivity contribution >= 4 is 64.4 Å². The summed E-state index contributed by atoms with van der Waals surface area (Å²) in [4.78, 5) is 29.1. The van der Waals surface area contributed by atoms with Gasteiger partial charge in [0.15, 0.2) is 0 Å². The van der Waals surface area contributed by atoms with Crippen LogP contribution in [0.3, 0.4) is 0 Å². The summed E-state index contributed by atoms with van der Waals surface area (Å²) in [6, 6.07) is 2.55. The summed E-state index contributed by atoms with van der Waals surface area (Å²) in [5.74, 6) is -2.67. The SMILES string of the molecule is Cl.O=C(CCC1CCCCN1)NC1(C(F)(F)F)C(=O)Nc2nc3cc(Cl)c(Cl)cc3n21. The van der Waals surface area contributed by atoms with E-state index in [4.69, 9.17) is 23.2 Å². The first-order chi connectivity index (χ1) is 14.1. The summed E-state index contributed by atoms with van der Waals surface area (Å²) >= 11 is 11.9. The van der Waals surface area contributed by atoms with E-state index >= 15 is 0 Å². The van der Waals surface area contributed by atoms with Crippen molar-refractivity contribution in [3.63, 3.8) is 0 Å². The molecule has 0 spiro atoms. The summed E-state index contributed by atoms with van der Waals surface area (Å²) in [6.07, 6.45) is -2.03. The lowest BCUT2D eigenvalue weighted by atomic mass is 10.00. The fraction of sp³-hybridized carbons (Fsp3) is 0.500. The first-order valence-electron chi connectivity index (χ1n) is 9.44. The van der Waals surface area contributed by atoms with E-state index in [0.717, 1.165) is 25.8 Å². The molecule has 0 radical (unpaired) electrons. The minimum Gasteiger partial charge on any atom is -0.317 e. The van der Waals surface area contributed by atoms with E-state index in [1.165, 1.54) is 12.1 Å². The van der Waals surface area contributed by atoms with Crippen molar-refractivity contribution in [2.45, 2.75) is 50.0 Å². The Morgan fingerprint density at radius 3 is 2.65 bits per heavy atom. The molecule has 2 amide bonds. The average molecular weight is 501 g/mol. The molecular weight excluding hydrogens is 482 g/mol. The van der Waals surface area contributed by atoms with E-state index in [1.54, 1.807) is 0 Å². The fourth-order valence-electron chi connectivity index (χ4n) is 3.97. The van der Waals surface area contributed by atoms with Crippen molar-refractivity contribution in [3.05, 3.63) is 22.2 Å². The van der Waals surface area contributed by atoms with Crippen molar-refractivity contribution < 1.29 is 22.8 Å². The molecule has 1 fully saturated rings. The molecule has 1 aromatic heterocycles. The third-order valence-electron chi connectivity index (χ3n) is 5.45. The molecule has 2 atom stereocenters. The molecule has 13 heteroatoms. The highest BCUT2D eigenvalue weighted by Gasteiger charge is 2.67. The van der Waals surface area contributed by atoms with Crippen LogP contribution in [0.1, 0.15) is 32.1 Å². The van der Waals surface area contributed by atoms with Gasteiger partial charge in [-0.3, -0.25) is 19.5 Å². The quantitative estimate of drug-likeness (QED) is 0.593. The zero-order valence-corrected chi connectivity index (χ0v) is 18.3. The second-order valence-electron chi connectivity index (χ2n) is 7.42. The first-order valence-corrected chi connectivity index (χ1v) is 10.2. The van der Waals surface area contributed by atoms with E-state index in [2.05, 4.69) is 15.6 Å². The number of carbonyl (C=O) groups excluding carboxylic acids is 2. The topological polar surface area (TPSA) is 88.1 Å². The maximum Gasteiger partial charge on any atom is 0.440 e. The molecule has 0 saturated carbocycles. The van der Waals surface area contributed by atoms with Gasteiger partial charge < -0.3 is 10.6 Å². The molecule has 31 heavy (non-hydrogen) atoms. The number of piperidine rings is 1. The van der Waals surface area contributed by atoms with Crippen molar-refractivity contribution in [1.82, 2.24) is 20.2 Å². The summed E-state index contributed by atoms with van der Waals surface area (Å²) in [5.41, 5.74) is -3.30. The predicted molar refractivity (Wildman–Crippen MR) is 113 cm³/mol. The molecule has 2 unspecified atom stereocenters. The van der Waals surface area contributed by atoms with Crippen LogP contribution in [0.5, 0.6) is 0 Å². The molecule has 2 aromatic rings. The Hall–Kier alpha value is -1.75. The van der Waals surface area contributed by atoms with Gasteiger partial charge in [-0.2, -0.15) is 13.2 Å². The molecule has 170 valence electrons. The Bertz CT molecular complexity index is 1020. The van der Waals surface area contributed by atoms with E-state index in [1.807, 2.05) is 5.32 Å². The molecule has 2 aliphatic rings. The van der Waals surface area contributed by atoms with Crippen LogP contribution in [-0.4, -0.2) is 40.1 Å². The number of hydrogen-bond donors (Lipinski definition) is 3. The minimum absolute atomic E-state index is 0. The van der Waals surface area contributed by atoms with Gasteiger partial charge in [-0.15, -0.1) is 12.4 Å². The molecule has 0 bridgehead atoms. The average Bonchev–Trinajstić information content (AvgIpc) is 3.15. The van der Waals surface area contributed by atoms with Crippen LogP contribution in [-0.2, 0) is 15.3 Å². The number of imidazole rings is 1. The second-order valence-corrected chi connectivity index (χ2v) is 8.24. The maximum atomic E-state index is 14.3. The van der Waals surface area contributed by atoms with Crippen molar-refractivity contribution in [3.8, 4) is 0 Å². The van der Waals surface area contributed by atoms with E-state index in [9.17, 15) is 22.8 Å². The van der Waals surface area contributed by atoms with Gasteiger partial charge in [-0.05, 0) is 37.9 Å². The third-order valence-corrected chi connectivity index (χ3v) is 6.17. The molecule has 7 nitrogen and oxygen atoms in total. The number of carbonyl (C=O) groups is 2. The van der Waals surface area contributed by atoms with E-state index in [0.29, 0.717) is 11.0 Å². The van der Waals surface area contributed by atoms with Crippen LogP contribution >= 0.6 is 35.6 Å². The molecule has 1 aromatic carbocycles. The van der Waals surface area contributed by atoms with Gasteiger partial charge in [0, 0.05) is 12.5 Å². The standard InChI is InChI=1S/C18H18Cl2F3N5O2.ClH/c19-10-7-12-13(8-11(10)20)28-16(25-12)26-15(30)17(28,18(21,22)23)27-14(29)5-4-9-3-1-2-6-24-9;/h7-9,24H,1-6H2,(H,27,29)(H,25,26,30);1H. The highest BCUT2D eigenvalue weighted by Crippen LogP contribution is 2.45. The van der Waals surface area contributed by atoms with Gasteiger partial charge in [0.05, 0.1) is 21.1 Å². The number of fused-ring (bicyclic) bond motifs is 3. The normalized spacial score (nSPS) is 23.3. The van der Waals surface area contributed by atoms with Crippen LogP contribution in [0.2, 0.25) is 10.0 Å². The Morgan fingerprint density at radius 2 is 2.00 bits per heavy atom. The monoisotopic (exact) mass is 499 g/mol. The Morgan fingerprint density at radius 1 is 1.29 bits per heavy atom. The number of aromatic nitrogens is 2. The predicted octanol–water partition coefficient (Wildman–Crippen LogP) is 3.97.